The number of likely N-dealkylation sites (N-methyl/N-ethyl adjacent to an activating group) is 1. The van der Waals surface area contributed by atoms with Crippen molar-refractivity contribution in [2.24, 2.45) is 5.18 Å². The van der Waals surface area contributed by atoms with Crippen molar-refractivity contribution >= 4 is 11.6 Å². The lowest BCUT2D eigenvalue weighted by Gasteiger charge is -2.18. The van der Waals surface area contributed by atoms with Crippen molar-refractivity contribution in [1.29, 1.82) is 0 Å². The summed E-state index contributed by atoms with van der Waals surface area (Å²) < 4.78 is 5.05. The van der Waals surface area contributed by atoms with Crippen molar-refractivity contribution in [3.8, 4) is 5.75 Å². The molecule has 98 valence electrons. The Morgan fingerprint density at radius 2 is 2.00 bits per heavy atom. The van der Waals surface area contributed by atoms with Crippen molar-refractivity contribution in [2.75, 3.05) is 20.2 Å². The first-order chi connectivity index (χ1) is 8.65. The average Bonchev–Trinajstić information content (AvgIpc) is 2.40. The number of nitroso groups, excluding NO2 is 1. The van der Waals surface area contributed by atoms with E-state index in [9.17, 15) is 9.70 Å². The summed E-state index contributed by atoms with van der Waals surface area (Å²) in [4.78, 5) is 24.2. The SMILES string of the molecule is CCN(CC)C(=O)Cc1ccc(N=O)c(OC)c1. The number of amides is 1. The molecule has 0 atom stereocenters. The summed E-state index contributed by atoms with van der Waals surface area (Å²) in [5.74, 6) is 0.462. The highest BCUT2D eigenvalue weighted by molar-refractivity contribution is 5.79. The topological polar surface area (TPSA) is 59.0 Å². The van der Waals surface area contributed by atoms with Crippen LogP contribution in [-0.4, -0.2) is 31.0 Å². The Morgan fingerprint density at radius 1 is 1.33 bits per heavy atom. The predicted molar refractivity (Wildman–Crippen MR) is 70.1 cm³/mol. The van der Waals surface area contributed by atoms with E-state index in [-0.39, 0.29) is 11.6 Å². The molecule has 1 amide bonds. The summed E-state index contributed by atoms with van der Waals surface area (Å²) in [6.07, 6.45) is 0.303. The van der Waals surface area contributed by atoms with Crippen LogP contribution in [0.3, 0.4) is 0 Å². The smallest absolute Gasteiger partial charge is 0.226 e. The molecule has 0 aliphatic carbocycles. The first-order valence-corrected chi connectivity index (χ1v) is 5.94. The number of rotatable bonds is 6. The van der Waals surface area contributed by atoms with Gasteiger partial charge in [-0.1, -0.05) is 6.07 Å². The highest BCUT2D eigenvalue weighted by Gasteiger charge is 2.12. The van der Waals surface area contributed by atoms with E-state index in [2.05, 4.69) is 5.18 Å². The number of benzene rings is 1. The lowest BCUT2D eigenvalue weighted by molar-refractivity contribution is -0.130. The van der Waals surface area contributed by atoms with Gasteiger partial charge in [-0.3, -0.25) is 4.79 Å². The molecule has 0 aliphatic rings. The van der Waals surface area contributed by atoms with Gasteiger partial charge < -0.3 is 9.64 Å². The molecule has 0 spiro atoms. The quantitative estimate of drug-likeness (QED) is 0.729. The molecular weight excluding hydrogens is 232 g/mol. The Hall–Kier alpha value is -1.91. The van der Waals surface area contributed by atoms with Gasteiger partial charge in [-0.15, -0.1) is 4.91 Å². The van der Waals surface area contributed by atoms with Gasteiger partial charge in [0.15, 0.2) is 0 Å². The third-order valence-electron chi connectivity index (χ3n) is 2.81. The van der Waals surface area contributed by atoms with Gasteiger partial charge in [-0.25, -0.2) is 0 Å². The zero-order valence-electron chi connectivity index (χ0n) is 11.0. The van der Waals surface area contributed by atoms with Gasteiger partial charge in [-0.05, 0) is 36.7 Å². The standard InChI is InChI=1S/C13H18N2O3/c1-4-15(5-2)13(16)9-10-6-7-11(14-17)12(8-10)18-3/h6-8H,4-5,9H2,1-3H3. The lowest BCUT2D eigenvalue weighted by atomic mass is 10.1. The molecule has 18 heavy (non-hydrogen) atoms. The monoisotopic (exact) mass is 250 g/mol. The molecule has 0 heterocycles. The average molecular weight is 250 g/mol. The van der Waals surface area contributed by atoms with E-state index < -0.39 is 0 Å². The Morgan fingerprint density at radius 3 is 2.50 bits per heavy atom. The normalized spacial score (nSPS) is 9.94. The molecule has 0 unspecified atom stereocenters. The van der Waals surface area contributed by atoms with E-state index >= 15 is 0 Å². The minimum atomic E-state index is 0.0638. The van der Waals surface area contributed by atoms with Crippen LogP contribution in [0.5, 0.6) is 5.75 Å². The Labute approximate surface area is 107 Å². The van der Waals surface area contributed by atoms with Crippen molar-refractivity contribution in [2.45, 2.75) is 20.3 Å². The largest absolute Gasteiger partial charge is 0.494 e. The van der Waals surface area contributed by atoms with Crippen LogP contribution in [0, 0.1) is 4.91 Å². The number of methoxy groups -OCH3 is 1. The minimum absolute atomic E-state index is 0.0638. The Kier molecular flexibility index (Phi) is 5.30. The van der Waals surface area contributed by atoms with Gasteiger partial charge in [0.1, 0.15) is 11.4 Å². The van der Waals surface area contributed by atoms with Crippen LogP contribution in [0.1, 0.15) is 19.4 Å². The van der Waals surface area contributed by atoms with Gasteiger partial charge in [0.25, 0.3) is 0 Å². The molecule has 1 aromatic rings. The van der Waals surface area contributed by atoms with E-state index in [1.165, 1.54) is 7.11 Å². The fourth-order valence-electron chi connectivity index (χ4n) is 1.77. The molecule has 0 saturated carbocycles. The molecule has 5 nitrogen and oxygen atoms in total. The highest BCUT2D eigenvalue weighted by Crippen LogP contribution is 2.28. The van der Waals surface area contributed by atoms with Crippen LogP contribution in [0.15, 0.2) is 23.4 Å². The number of carbonyl (C=O) groups is 1. The zero-order valence-corrected chi connectivity index (χ0v) is 11.0. The highest BCUT2D eigenvalue weighted by atomic mass is 16.5. The third kappa shape index (κ3) is 3.29. The molecule has 0 aromatic heterocycles. The molecule has 0 saturated heterocycles. The molecular formula is C13H18N2O3. The molecule has 0 N–H and O–H groups in total. The van der Waals surface area contributed by atoms with E-state index in [1.54, 1.807) is 23.1 Å². The summed E-state index contributed by atoms with van der Waals surface area (Å²) in [6, 6.07) is 4.97. The number of ether oxygens (including phenoxy) is 1. The van der Waals surface area contributed by atoms with Gasteiger partial charge >= 0.3 is 0 Å². The molecule has 0 bridgehead atoms. The van der Waals surface area contributed by atoms with Gasteiger partial charge in [0, 0.05) is 13.1 Å². The summed E-state index contributed by atoms with van der Waals surface area (Å²) in [5, 5.41) is 2.86. The first-order valence-electron chi connectivity index (χ1n) is 5.94. The zero-order chi connectivity index (χ0) is 13.5. The maximum Gasteiger partial charge on any atom is 0.226 e. The second kappa shape index (κ2) is 6.74. The lowest BCUT2D eigenvalue weighted by Crippen LogP contribution is -2.31. The molecule has 0 aliphatic heterocycles. The van der Waals surface area contributed by atoms with E-state index in [0.717, 1.165) is 5.56 Å². The van der Waals surface area contributed by atoms with Crippen LogP contribution < -0.4 is 4.74 Å². The van der Waals surface area contributed by atoms with E-state index in [0.29, 0.717) is 25.3 Å². The van der Waals surface area contributed by atoms with Gasteiger partial charge in [-0.2, -0.15) is 0 Å². The second-order valence-electron chi connectivity index (χ2n) is 3.84. The summed E-state index contributed by atoms with van der Waals surface area (Å²) >= 11 is 0. The number of hydrogen-bond acceptors (Lipinski definition) is 4. The van der Waals surface area contributed by atoms with Crippen LogP contribution in [0.2, 0.25) is 0 Å². The Bertz CT molecular complexity index is 428. The van der Waals surface area contributed by atoms with Crippen LogP contribution in [0.25, 0.3) is 0 Å². The van der Waals surface area contributed by atoms with Crippen LogP contribution in [0.4, 0.5) is 5.69 Å². The molecule has 1 rings (SSSR count). The summed E-state index contributed by atoms with van der Waals surface area (Å²) in [7, 11) is 1.47. The molecule has 1 aromatic carbocycles. The van der Waals surface area contributed by atoms with Crippen molar-refractivity contribution < 1.29 is 9.53 Å². The fraction of sp³-hybridized carbons (Fsp3) is 0.462. The number of nitrogens with zero attached hydrogens (tertiary/aromatic N) is 2. The van der Waals surface area contributed by atoms with Crippen LogP contribution in [-0.2, 0) is 11.2 Å². The molecule has 0 fully saturated rings. The second-order valence-corrected chi connectivity index (χ2v) is 3.84. The molecule has 0 radical (unpaired) electrons. The third-order valence-corrected chi connectivity index (χ3v) is 2.81. The number of hydrogen-bond donors (Lipinski definition) is 0. The maximum absolute atomic E-state index is 11.9. The Balaban J connectivity index is 2.85. The summed E-state index contributed by atoms with van der Waals surface area (Å²) in [6.45, 7) is 5.28. The van der Waals surface area contributed by atoms with Crippen molar-refractivity contribution in [3.63, 3.8) is 0 Å². The minimum Gasteiger partial charge on any atom is -0.494 e. The van der Waals surface area contributed by atoms with E-state index in [4.69, 9.17) is 4.74 Å². The van der Waals surface area contributed by atoms with Crippen molar-refractivity contribution in [3.05, 3.63) is 28.7 Å². The van der Waals surface area contributed by atoms with Gasteiger partial charge in [0.2, 0.25) is 5.91 Å². The predicted octanol–water partition coefficient (Wildman–Crippen LogP) is 2.50. The van der Waals surface area contributed by atoms with Crippen LogP contribution >= 0.6 is 0 Å². The molecule has 5 heteroatoms. The number of carbonyl (C=O) groups excluding carboxylic acids is 1. The van der Waals surface area contributed by atoms with Gasteiger partial charge in [0.05, 0.1) is 13.5 Å². The maximum atomic E-state index is 11.9. The fourth-order valence-corrected chi connectivity index (χ4v) is 1.77. The van der Waals surface area contributed by atoms with Crippen molar-refractivity contribution in [1.82, 2.24) is 4.90 Å². The van der Waals surface area contributed by atoms with E-state index in [1.807, 2.05) is 13.8 Å². The first kappa shape index (κ1) is 14.2. The summed E-state index contributed by atoms with van der Waals surface area (Å²) in [5.41, 5.74) is 1.06.